The quantitative estimate of drug-likeness (QED) is 0.160. The van der Waals surface area contributed by atoms with E-state index in [0.29, 0.717) is 0 Å². The molecular weight excluding hydrogens is 649 g/mol. The van der Waals surface area contributed by atoms with Gasteiger partial charge < -0.3 is 0 Å². The summed E-state index contributed by atoms with van der Waals surface area (Å²) in [5.41, 5.74) is -5.89. The Hall–Kier alpha value is -7.02. The van der Waals surface area contributed by atoms with Crippen LogP contribution in [0, 0.1) is 0 Å². The maximum Gasteiger partial charge on any atom is 0.0636 e. The van der Waals surface area contributed by atoms with Crippen molar-refractivity contribution >= 4 is 75.4 Å². The van der Waals surface area contributed by atoms with Crippen LogP contribution < -0.4 is 0 Å². The first-order chi connectivity index (χ1) is 38.0. The maximum atomic E-state index is 10.3. The molecule has 0 nitrogen and oxygen atoms in total. The molecular formula is C54H32. The standard InChI is InChI=1S/C54H32/c1-2-8-33(9-3-1)49-31-40(24-27-45(49)44-25-20-38-18-16-34-11-6-13-36-22-28-47(44)53(38)51(34)36)42-30-41-10-4-5-15-43(41)50(32-42)46-26-21-39-19-17-35-12-7-14-37-23-29-48(46)54(39)52(35)37/h1-32H/i1D,2D,3D,4D,5D,6D,7D,8D,9D,10D,12D,13D,15D,17D,18D,19D,21D,22D,24D,25D,26D,27D,28D,29D,30D,31D,32D. The Morgan fingerprint density at radius 1 is 0.241 bits per heavy atom. The van der Waals surface area contributed by atoms with Crippen molar-refractivity contribution in [3.63, 3.8) is 0 Å². The molecule has 0 aliphatic carbocycles. The molecule has 12 aromatic rings. The molecule has 0 bridgehead atoms. The summed E-state index contributed by atoms with van der Waals surface area (Å²) in [4.78, 5) is 0. The van der Waals surface area contributed by atoms with Crippen LogP contribution in [0.25, 0.3) is 120 Å². The molecule has 0 aromatic heterocycles. The molecule has 0 heterocycles. The van der Waals surface area contributed by atoms with Crippen LogP contribution in [0.5, 0.6) is 0 Å². The van der Waals surface area contributed by atoms with Crippen LogP contribution in [0.3, 0.4) is 0 Å². The number of benzene rings is 12. The second-order valence-electron chi connectivity index (χ2n) is 12.6. The molecule has 0 saturated carbocycles. The average Bonchev–Trinajstić information content (AvgIpc) is 3.45. The van der Waals surface area contributed by atoms with Crippen LogP contribution in [0.15, 0.2) is 193 Å². The van der Waals surface area contributed by atoms with E-state index in [4.69, 9.17) is 16.4 Å². The molecule has 0 aliphatic rings. The van der Waals surface area contributed by atoms with Gasteiger partial charge in [-0.1, -0.05) is 175 Å². The van der Waals surface area contributed by atoms with Gasteiger partial charge >= 0.3 is 0 Å². The molecule has 0 fully saturated rings. The minimum atomic E-state index is -1.08. The Morgan fingerprint density at radius 3 is 1.67 bits per heavy atom. The first-order valence-electron chi connectivity index (χ1n) is 30.1. The van der Waals surface area contributed by atoms with Crippen molar-refractivity contribution in [2.45, 2.75) is 0 Å². The molecule has 248 valence electrons. The molecule has 0 amide bonds. The highest BCUT2D eigenvalue weighted by molar-refractivity contribution is 6.27. The molecule has 0 atom stereocenters. The Bertz CT molecular complexity index is 4980. The lowest BCUT2D eigenvalue weighted by atomic mass is 9.85. The topological polar surface area (TPSA) is 0 Å². The van der Waals surface area contributed by atoms with Crippen LogP contribution in [-0.2, 0) is 0 Å². The number of fused-ring (bicyclic) bond motifs is 1. The minimum absolute atomic E-state index is 0.00474. The fourth-order valence-corrected chi connectivity index (χ4v) is 7.39. The zero-order valence-corrected chi connectivity index (χ0v) is 27.4. The normalized spacial score (nSPS) is 19.1. The molecule has 0 aliphatic heterocycles. The second-order valence-corrected chi connectivity index (χ2v) is 12.6. The van der Waals surface area contributed by atoms with Gasteiger partial charge in [0, 0.05) is 0 Å². The molecule has 0 N–H and O–H groups in total. The van der Waals surface area contributed by atoms with E-state index < -0.39 is 200 Å². The van der Waals surface area contributed by atoms with Crippen molar-refractivity contribution in [1.29, 1.82) is 0 Å². The lowest BCUT2D eigenvalue weighted by Crippen LogP contribution is -1.92. The fourth-order valence-electron chi connectivity index (χ4n) is 7.39. The Morgan fingerprint density at radius 2 is 0.833 bits per heavy atom. The van der Waals surface area contributed by atoms with E-state index in [9.17, 15) is 20.6 Å². The smallest absolute Gasteiger partial charge is 0.0622 e. The van der Waals surface area contributed by atoms with Gasteiger partial charge in [0.25, 0.3) is 0 Å². The molecule has 0 heteroatoms. The first kappa shape index (κ1) is 13.8. The highest BCUT2D eigenvalue weighted by atomic mass is 14.2. The van der Waals surface area contributed by atoms with Gasteiger partial charge in [0.1, 0.15) is 0 Å². The van der Waals surface area contributed by atoms with Crippen molar-refractivity contribution in [3.05, 3.63) is 193 Å². The number of hydrogen-bond acceptors (Lipinski definition) is 0. The second kappa shape index (κ2) is 11.2. The Kier molecular flexibility index (Phi) is 2.86. The van der Waals surface area contributed by atoms with Crippen molar-refractivity contribution in [1.82, 2.24) is 0 Å². The van der Waals surface area contributed by atoms with E-state index in [1.54, 1.807) is 0 Å². The average molecular weight is 708 g/mol. The summed E-state index contributed by atoms with van der Waals surface area (Å²) in [5, 5.41) is -2.55. The SMILES string of the molecule is [2H]c1cc2cc([2H])c3cc([2H])c(-c4c([2H])c([2H])c(-c5c([2H])c(-c6c([2H])c([2H])c7c([2H])c([2H])c8c([2H])c([2H])cc9cc([2H])c6c7c98)c6c([2H])c([2H])c([2H])c([2H])c6c5[2H])c([2H])c4-c4c([2H])c([2H])c([2H])c([2H])c4[2H])c4c([2H])c([2H])c(c1[2H])c2c34. The maximum absolute atomic E-state index is 10.3. The van der Waals surface area contributed by atoms with Crippen LogP contribution in [0.4, 0.5) is 0 Å². The minimum Gasteiger partial charge on any atom is -0.0622 e. The fraction of sp³-hybridized carbons (Fsp3) is 0. The lowest BCUT2D eigenvalue weighted by Gasteiger charge is -2.19. The third-order valence-electron chi connectivity index (χ3n) is 9.75. The van der Waals surface area contributed by atoms with E-state index in [1.807, 2.05) is 0 Å². The molecule has 54 heavy (non-hydrogen) atoms. The summed E-state index contributed by atoms with van der Waals surface area (Å²) in [6.07, 6.45) is 0. The van der Waals surface area contributed by atoms with E-state index in [1.165, 1.54) is 24.3 Å². The highest BCUT2D eigenvalue weighted by Crippen LogP contribution is 2.45. The summed E-state index contributed by atoms with van der Waals surface area (Å²) >= 11 is 0. The summed E-state index contributed by atoms with van der Waals surface area (Å²) in [6, 6.07) is -14.7. The van der Waals surface area contributed by atoms with Crippen molar-refractivity contribution in [3.8, 4) is 44.5 Å². The van der Waals surface area contributed by atoms with E-state index >= 15 is 0 Å². The molecule has 0 radical (unpaired) electrons. The zero-order chi connectivity index (χ0) is 58.8. The van der Waals surface area contributed by atoms with Gasteiger partial charge in [-0.25, -0.2) is 0 Å². The summed E-state index contributed by atoms with van der Waals surface area (Å²) in [6.45, 7) is 0. The lowest BCUT2D eigenvalue weighted by molar-refractivity contribution is 1.58. The Labute approximate surface area is 350 Å². The van der Waals surface area contributed by atoms with Crippen molar-refractivity contribution in [2.75, 3.05) is 0 Å². The van der Waals surface area contributed by atoms with Crippen molar-refractivity contribution in [2.24, 2.45) is 0 Å². The van der Waals surface area contributed by atoms with Crippen LogP contribution in [-0.4, -0.2) is 0 Å². The molecule has 0 spiro atoms. The van der Waals surface area contributed by atoms with Gasteiger partial charge in [-0.2, -0.15) is 0 Å². The predicted molar refractivity (Wildman–Crippen MR) is 233 cm³/mol. The van der Waals surface area contributed by atoms with Crippen molar-refractivity contribution < 1.29 is 37.0 Å². The largest absolute Gasteiger partial charge is 0.0636 e. The van der Waals surface area contributed by atoms with Gasteiger partial charge in [0.15, 0.2) is 0 Å². The summed E-state index contributed by atoms with van der Waals surface area (Å²) in [7, 11) is 0. The van der Waals surface area contributed by atoms with Gasteiger partial charge in [0.05, 0.1) is 37.0 Å². The van der Waals surface area contributed by atoms with E-state index in [2.05, 4.69) is 0 Å². The van der Waals surface area contributed by atoms with Gasteiger partial charge in [-0.3, -0.25) is 0 Å². The third-order valence-corrected chi connectivity index (χ3v) is 9.75. The first-order valence-corrected chi connectivity index (χ1v) is 16.6. The number of rotatable bonds is 4. The summed E-state index contributed by atoms with van der Waals surface area (Å²) < 4.78 is 250. The highest BCUT2D eigenvalue weighted by Gasteiger charge is 2.18. The molecule has 0 saturated heterocycles. The monoisotopic (exact) mass is 707 g/mol. The zero-order valence-electron chi connectivity index (χ0n) is 54.4. The third kappa shape index (κ3) is 4.26. The summed E-state index contributed by atoms with van der Waals surface area (Å²) in [5.74, 6) is 0. The van der Waals surface area contributed by atoms with Gasteiger partial charge in [-0.05, 0) is 138 Å². The van der Waals surface area contributed by atoms with Gasteiger partial charge in [-0.15, -0.1) is 0 Å². The van der Waals surface area contributed by atoms with Crippen LogP contribution in [0.1, 0.15) is 37.0 Å². The van der Waals surface area contributed by atoms with E-state index in [0.717, 1.165) is 6.07 Å². The predicted octanol–water partition coefficient (Wildman–Crippen LogP) is 15.3. The van der Waals surface area contributed by atoms with Gasteiger partial charge in [0.2, 0.25) is 0 Å². The molecule has 12 rings (SSSR count). The number of hydrogen-bond donors (Lipinski definition) is 0. The van der Waals surface area contributed by atoms with Crippen LogP contribution >= 0.6 is 0 Å². The Balaban J connectivity index is 1.33. The van der Waals surface area contributed by atoms with Crippen LogP contribution in [0.2, 0.25) is 0 Å². The van der Waals surface area contributed by atoms with E-state index in [-0.39, 0.29) is 82.8 Å². The molecule has 12 aromatic carbocycles. The molecule has 0 unspecified atom stereocenters.